The number of hydrogen-bond donors (Lipinski definition) is 2. The van der Waals surface area contributed by atoms with Gasteiger partial charge in [0, 0.05) is 24.6 Å². The summed E-state index contributed by atoms with van der Waals surface area (Å²) in [4.78, 5) is 1.02. The van der Waals surface area contributed by atoms with E-state index in [1.54, 1.807) is 6.92 Å². The third kappa shape index (κ3) is 4.85. The Morgan fingerprint density at radius 1 is 1.42 bits per heavy atom. The topological polar surface area (TPSA) is 81.4 Å². The average molecular weight is 306 g/mol. The van der Waals surface area contributed by atoms with Crippen LogP contribution in [0.5, 0.6) is 0 Å². The number of nitrogens with one attached hydrogen (secondary N) is 1. The van der Waals surface area contributed by atoms with Crippen LogP contribution >= 0.6 is 11.3 Å². The lowest BCUT2D eigenvalue weighted by atomic mass is 10.3. The van der Waals surface area contributed by atoms with E-state index in [0.29, 0.717) is 23.0 Å². The van der Waals surface area contributed by atoms with Crippen LogP contribution in [0, 0.1) is 6.92 Å². The predicted molar refractivity (Wildman–Crippen MR) is 77.9 cm³/mol. The molecule has 0 aliphatic carbocycles. The molecule has 0 aliphatic rings. The lowest BCUT2D eigenvalue weighted by Crippen LogP contribution is -2.28. The number of unbranched alkanes of at least 4 members (excludes halogenated alkanes) is 1. The van der Waals surface area contributed by atoms with Gasteiger partial charge in [-0.05, 0) is 24.3 Å². The molecule has 110 valence electrons. The second kappa shape index (κ2) is 7.96. The van der Waals surface area contributed by atoms with E-state index >= 15 is 0 Å². The molecule has 19 heavy (non-hydrogen) atoms. The molecule has 0 bridgehead atoms. The van der Waals surface area contributed by atoms with Gasteiger partial charge in [-0.3, -0.25) is 0 Å². The Morgan fingerprint density at radius 2 is 2.16 bits per heavy atom. The van der Waals surface area contributed by atoms with Crippen LogP contribution in [0.1, 0.15) is 30.2 Å². The van der Waals surface area contributed by atoms with E-state index in [1.165, 1.54) is 11.3 Å². The molecule has 0 radical (unpaired) electrons. The molecule has 0 spiro atoms. The van der Waals surface area contributed by atoms with Gasteiger partial charge in [0.25, 0.3) is 0 Å². The Kier molecular flexibility index (Phi) is 6.95. The maximum Gasteiger partial charge on any atom is 0.242 e. The molecular formula is C12H22N2O3S2. The summed E-state index contributed by atoms with van der Waals surface area (Å²) >= 11 is 1.38. The lowest BCUT2D eigenvalue weighted by molar-refractivity contribution is 0.136. The Hall–Kier alpha value is -0.470. The van der Waals surface area contributed by atoms with Crippen molar-refractivity contribution in [3.63, 3.8) is 0 Å². The molecule has 0 fully saturated rings. The normalized spacial score (nSPS) is 11.9. The standard InChI is InChI=1S/C12H22N2O3S2/c1-3-4-6-17-7-5-14-19(15,16)12-10(2)9-18-11(12)8-13/h9,14H,3-8,13H2,1-2H3. The van der Waals surface area contributed by atoms with Crippen LogP contribution < -0.4 is 10.5 Å². The quantitative estimate of drug-likeness (QED) is 0.679. The minimum Gasteiger partial charge on any atom is -0.380 e. The van der Waals surface area contributed by atoms with Crippen molar-refractivity contribution in [2.45, 2.75) is 38.1 Å². The molecule has 0 atom stereocenters. The fraction of sp³-hybridized carbons (Fsp3) is 0.667. The van der Waals surface area contributed by atoms with E-state index in [-0.39, 0.29) is 13.1 Å². The first kappa shape index (κ1) is 16.6. The number of hydrogen-bond acceptors (Lipinski definition) is 5. The van der Waals surface area contributed by atoms with Crippen molar-refractivity contribution in [2.75, 3.05) is 19.8 Å². The molecule has 0 amide bonds. The summed E-state index contributed by atoms with van der Waals surface area (Å²) in [5, 5.41) is 1.81. The van der Waals surface area contributed by atoms with Gasteiger partial charge >= 0.3 is 0 Å². The lowest BCUT2D eigenvalue weighted by Gasteiger charge is -2.09. The van der Waals surface area contributed by atoms with Crippen molar-refractivity contribution in [3.05, 3.63) is 15.8 Å². The van der Waals surface area contributed by atoms with E-state index < -0.39 is 10.0 Å². The molecule has 1 rings (SSSR count). The van der Waals surface area contributed by atoms with E-state index in [0.717, 1.165) is 18.4 Å². The first-order valence-electron chi connectivity index (χ1n) is 6.37. The summed E-state index contributed by atoms with van der Waals surface area (Å²) in [6, 6.07) is 0. The summed E-state index contributed by atoms with van der Waals surface area (Å²) in [7, 11) is -3.48. The first-order chi connectivity index (χ1) is 9.03. The molecule has 0 saturated heterocycles. The number of nitrogens with two attached hydrogens (primary N) is 1. The van der Waals surface area contributed by atoms with Crippen molar-refractivity contribution in [1.82, 2.24) is 4.72 Å². The molecule has 3 N–H and O–H groups in total. The highest BCUT2D eigenvalue weighted by molar-refractivity contribution is 7.89. The molecule has 0 aliphatic heterocycles. The monoisotopic (exact) mass is 306 g/mol. The van der Waals surface area contributed by atoms with Crippen molar-refractivity contribution in [1.29, 1.82) is 0 Å². The number of rotatable bonds is 9. The number of ether oxygens (including phenoxy) is 1. The zero-order valence-corrected chi connectivity index (χ0v) is 13.1. The van der Waals surface area contributed by atoms with Crippen LogP contribution in [0.3, 0.4) is 0 Å². The molecule has 1 aromatic heterocycles. The Labute approximate surface area is 119 Å². The van der Waals surface area contributed by atoms with Crippen molar-refractivity contribution < 1.29 is 13.2 Å². The molecular weight excluding hydrogens is 284 g/mol. The largest absolute Gasteiger partial charge is 0.380 e. The summed E-state index contributed by atoms with van der Waals surface area (Å²) in [6.07, 6.45) is 2.06. The van der Waals surface area contributed by atoms with E-state index in [4.69, 9.17) is 10.5 Å². The van der Waals surface area contributed by atoms with Crippen LogP contribution in [0.15, 0.2) is 10.3 Å². The van der Waals surface area contributed by atoms with Gasteiger partial charge < -0.3 is 10.5 Å². The van der Waals surface area contributed by atoms with Gasteiger partial charge in [-0.2, -0.15) is 0 Å². The fourth-order valence-corrected chi connectivity index (χ4v) is 4.37. The SMILES string of the molecule is CCCCOCCNS(=O)(=O)c1c(C)csc1CN. The van der Waals surface area contributed by atoms with E-state index in [1.807, 2.05) is 5.38 Å². The number of sulfonamides is 1. The van der Waals surface area contributed by atoms with Gasteiger partial charge in [-0.25, -0.2) is 13.1 Å². The summed E-state index contributed by atoms with van der Waals surface area (Å²) < 4.78 is 32.2. The summed E-state index contributed by atoms with van der Waals surface area (Å²) in [6.45, 7) is 5.44. The maximum atomic E-state index is 12.2. The van der Waals surface area contributed by atoms with Gasteiger partial charge in [0.2, 0.25) is 10.0 Å². The second-order valence-corrected chi connectivity index (χ2v) is 6.91. The maximum absolute atomic E-state index is 12.2. The minimum absolute atomic E-state index is 0.238. The van der Waals surface area contributed by atoms with Crippen molar-refractivity contribution in [2.24, 2.45) is 5.73 Å². The molecule has 1 aromatic rings. The predicted octanol–water partition coefficient (Wildman–Crippen LogP) is 1.61. The fourth-order valence-electron chi connectivity index (χ4n) is 1.66. The molecule has 0 aromatic carbocycles. The smallest absolute Gasteiger partial charge is 0.242 e. The highest BCUT2D eigenvalue weighted by Gasteiger charge is 2.21. The molecule has 5 nitrogen and oxygen atoms in total. The Morgan fingerprint density at radius 3 is 2.79 bits per heavy atom. The van der Waals surface area contributed by atoms with Crippen molar-refractivity contribution in [3.8, 4) is 0 Å². The zero-order valence-electron chi connectivity index (χ0n) is 11.4. The zero-order chi connectivity index (χ0) is 14.3. The molecule has 1 heterocycles. The van der Waals surface area contributed by atoms with Crippen LogP contribution in [0.2, 0.25) is 0 Å². The minimum atomic E-state index is -3.48. The van der Waals surface area contributed by atoms with Gasteiger partial charge in [-0.1, -0.05) is 13.3 Å². The van der Waals surface area contributed by atoms with E-state index in [9.17, 15) is 8.42 Å². The highest BCUT2D eigenvalue weighted by atomic mass is 32.2. The first-order valence-corrected chi connectivity index (χ1v) is 8.73. The third-order valence-electron chi connectivity index (χ3n) is 2.62. The van der Waals surface area contributed by atoms with Gasteiger partial charge in [0.15, 0.2) is 0 Å². The van der Waals surface area contributed by atoms with Gasteiger partial charge in [-0.15, -0.1) is 11.3 Å². The third-order valence-corrected chi connectivity index (χ3v) is 5.57. The highest BCUT2D eigenvalue weighted by Crippen LogP contribution is 2.26. The van der Waals surface area contributed by atoms with Gasteiger partial charge in [0.05, 0.1) is 6.61 Å². The van der Waals surface area contributed by atoms with Gasteiger partial charge in [0.1, 0.15) is 4.90 Å². The number of thiophene rings is 1. The molecule has 7 heteroatoms. The van der Waals surface area contributed by atoms with Crippen LogP contribution in [0.4, 0.5) is 0 Å². The Bertz CT molecular complexity index is 483. The van der Waals surface area contributed by atoms with Crippen LogP contribution in [-0.2, 0) is 21.3 Å². The summed E-state index contributed by atoms with van der Waals surface area (Å²) in [5.74, 6) is 0. The van der Waals surface area contributed by atoms with Crippen molar-refractivity contribution >= 4 is 21.4 Å². The summed E-state index contributed by atoms with van der Waals surface area (Å²) in [5.41, 5.74) is 6.30. The Balaban J connectivity index is 2.54. The van der Waals surface area contributed by atoms with Crippen LogP contribution in [0.25, 0.3) is 0 Å². The molecule has 0 unspecified atom stereocenters. The molecule has 0 saturated carbocycles. The number of aryl methyl sites for hydroxylation is 1. The van der Waals surface area contributed by atoms with E-state index in [2.05, 4.69) is 11.6 Å². The second-order valence-electron chi connectivity index (χ2n) is 4.24. The van der Waals surface area contributed by atoms with Crippen LogP contribution in [-0.4, -0.2) is 28.2 Å². The average Bonchev–Trinajstić information content (AvgIpc) is 2.75.